The van der Waals surface area contributed by atoms with Crippen LogP contribution in [-0.4, -0.2) is 24.8 Å². The molecule has 19 heavy (non-hydrogen) atoms. The molecule has 1 fully saturated rings. The van der Waals surface area contributed by atoms with Crippen LogP contribution < -0.4 is 5.73 Å². The zero-order valence-electron chi connectivity index (χ0n) is 11.7. The topological polar surface area (TPSA) is 76.5 Å². The summed E-state index contributed by atoms with van der Waals surface area (Å²) >= 11 is 0. The maximum absolute atomic E-state index is 12.8. The number of furan rings is 1. The molecule has 1 aromatic rings. The third kappa shape index (κ3) is 2.44. The van der Waals surface area contributed by atoms with Crippen molar-refractivity contribution in [1.82, 2.24) is 4.31 Å². The third-order valence-corrected chi connectivity index (χ3v) is 6.04. The molecule has 1 aromatic heterocycles. The van der Waals surface area contributed by atoms with Gasteiger partial charge in [-0.1, -0.05) is 6.92 Å². The molecule has 0 amide bonds. The van der Waals surface area contributed by atoms with Gasteiger partial charge in [0.2, 0.25) is 10.0 Å². The van der Waals surface area contributed by atoms with Crippen LogP contribution >= 0.6 is 0 Å². The molecule has 0 saturated carbocycles. The van der Waals surface area contributed by atoms with Gasteiger partial charge >= 0.3 is 0 Å². The van der Waals surface area contributed by atoms with Gasteiger partial charge in [0.05, 0.1) is 6.54 Å². The number of sulfonamides is 1. The van der Waals surface area contributed by atoms with Crippen LogP contribution in [0.3, 0.4) is 0 Å². The maximum atomic E-state index is 12.8. The summed E-state index contributed by atoms with van der Waals surface area (Å²) in [7, 11) is -3.49. The summed E-state index contributed by atoms with van der Waals surface area (Å²) in [6.45, 7) is 5.88. The number of hydrogen-bond donors (Lipinski definition) is 1. The Morgan fingerprint density at radius 1 is 1.47 bits per heavy atom. The Labute approximate surface area is 114 Å². The highest BCUT2D eigenvalue weighted by molar-refractivity contribution is 7.89. The van der Waals surface area contributed by atoms with Gasteiger partial charge < -0.3 is 10.2 Å². The fourth-order valence-corrected chi connectivity index (χ4v) is 5.00. The number of nitrogens with two attached hydrogens (primary N) is 1. The van der Waals surface area contributed by atoms with Gasteiger partial charge in [-0.2, -0.15) is 4.31 Å². The van der Waals surface area contributed by atoms with E-state index < -0.39 is 10.0 Å². The number of hydrogen-bond acceptors (Lipinski definition) is 4. The lowest BCUT2D eigenvalue weighted by atomic mass is 10.2. The van der Waals surface area contributed by atoms with Crippen molar-refractivity contribution in [2.75, 3.05) is 0 Å². The quantitative estimate of drug-likeness (QED) is 0.918. The first kappa shape index (κ1) is 14.6. The van der Waals surface area contributed by atoms with Crippen molar-refractivity contribution < 1.29 is 12.8 Å². The molecule has 0 aromatic carbocycles. The molecule has 0 bridgehead atoms. The van der Waals surface area contributed by atoms with Crippen LogP contribution in [0.15, 0.2) is 15.4 Å². The first-order valence-electron chi connectivity index (χ1n) is 6.74. The lowest BCUT2D eigenvalue weighted by Crippen LogP contribution is -2.39. The van der Waals surface area contributed by atoms with Crippen LogP contribution in [0.5, 0.6) is 0 Å². The first-order chi connectivity index (χ1) is 8.91. The second kappa shape index (κ2) is 5.26. The SMILES string of the molecule is CCC1CCC(C)N1S(=O)(=O)c1cc(CN)oc1C. The maximum Gasteiger partial charge on any atom is 0.247 e. The van der Waals surface area contributed by atoms with Crippen molar-refractivity contribution in [3.8, 4) is 0 Å². The molecule has 0 radical (unpaired) electrons. The highest BCUT2D eigenvalue weighted by Crippen LogP contribution is 2.34. The highest BCUT2D eigenvalue weighted by Gasteiger charge is 2.40. The summed E-state index contributed by atoms with van der Waals surface area (Å²) in [6, 6.07) is 1.70. The average Bonchev–Trinajstić information content (AvgIpc) is 2.92. The lowest BCUT2D eigenvalue weighted by Gasteiger charge is -2.26. The molecule has 6 heteroatoms. The molecule has 1 aliphatic heterocycles. The van der Waals surface area contributed by atoms with E-state index in [2.05, 4.69) is 0 Å². The Kier molecular flexibility index (Phi) is 4.03. The fraction of sp³-hybridized carbons (Fsp3) is 0.692. The fourth-order valence-electron chi connectivity index (χ4n) is 2.86. The van der Waals surface area contributed by atoms with E-state index in [1.807, 2.05) is 13.8 Å². The number of nitrogens with zero attached hydrogens (tertiary/aromatic N) is 1. The van der Waals surface area contributed by atoms with Gasteiger partial charge in [-0.05, 0) is 33.1 Å². The molecule has 2 atom stereocenters. The summed E-state index contributed by atoms with van der Waals surface area (Å²) in [6.07, 6.45) is 2.68. The average molecular weight is 286 g/mol. The molecule has 108 valence electrons. The molecule has 0 spiro atoms. The van der Waals surface area contributed by atoms with E-state index in [9.17, 15) is 8.42 Å². The summed E-state index contributed by atoms with van der Waals surface area (Å²) in [4.78, 5) is 0.264. The van der Waals surface area contributed by atoms with E-state index in [1.165, 1.54) is 0 Å². The first-order valence-corrected chi connectivity index (χ1v) is 8.18. The smallest absolute Gasteiger partial charge is 0.247 e. The van der Waals surface area contributed by atoms with E-state index >= 15 is 0 Å². The molecule has 1 aliphatic rings. The van der Waals surface area contributed by atoms with Gasteiger partial charge in [0.25, 0.3) is 0 Å². The number of aryl methyl sites for hydroxylation is 1. The van der Waals surface area contributed by atoms with Crippen LogP contribution in [0.2, 0.25) is 0 Å². The minimum atomic E-state index is -3.49. The second-order valence-electron chi connectivity index (χ2n) is 5.16. The summed E-state index contributed by atoms with van der Waals surface area (Å²) < 4.78 is 32.6. The van der Waals surface area contributed by atoms with E-state index in [0.717, 1.165) is 19.3 Å². The normalized spacial score (nSPS) is 25.1. The highest BCUT2D eigenvalue weighted by atomic mass is 32.2. The number of rotatable bonds is 4. The Hall–Kier alpha value is -0.850. The molecule has 2 heterocycles. The molecule has 5 nitrogen and oxygen atoms in total. The van der Waals surface area contributed by atoms with Gasteiger partial charge in [-0.15, -0.1) is 0 Å². The zero-order chi connectivity index (χ0) is 14.2. The van der Waals surface area contributed by atoms with Crippen molar-refractivity contribution in [3.63, 3.8) is 0 Å². The zero-order valence-corrected chi connectivity index (χ0v) is 12.5. The Bertz CT molecular complexity index is 550. The van der Waals surface area contributed by atoms with Crippen LogP contribution in [-0.2, 0) is 16.6 Å². The van der Waals surface area contributed by atoms with Crippen LogP contribution in [0.25, 0.3) is 0 Å². The van der Waals surface area contributed by atoms with Crippen molar-refractivity contribution in [1.29, 1.82) is 0 Å². The minimum Gasteiger partial charge on any atom is -0.464 e. The monoisotopic (exact) mass is 286 g/mol. The standard InChI is InChI=1S/C13H22N2O3S/c1-4-11-6-5-9(2)15(11)19(16,17)13-7-12(8-14)18-10(13)3/h7,9,11H,4-6,8,14H2,1-3H3. The van der Waals surface area contributed by atoms with Gasteiger partial charge in [0.15, 0.2) is 0 Å². The van der Waals surface area contributed by atoms with Crippen molar-refractivity contribution in [3.05, 3.63) is 17.6 Å². The van der Waals surface area contributed by atoms with Crippen LogP contribution in [0.1, 0.15) is 44.6 Å². The Morgan fingerprint density at radius 3 is 2.68 bits per heavy atom. The third-order valence-electron chi connectivity index (χ3n) is 3.86. The van der Waals surface area contributed by atoms with E-state index in [-0.39, 0.29) is 23.5 Å². The Balaban J connectivity index is 2.43. The lowest BCUT2D eigenvalue weighted by molar-refractivity contribution is 0.328. The van der Waals surface area contributed by atoms with Gasteiger partial charge in [0, 0.05) is 18.2 Å². The van der Waals surface area contributed by atoms with Crippen molar-refractivity contribution in [2.24, 2.45) is 5.73 Å². The summed E-state index contributed by atoms with van der Waals surface area (Å²) in [5.41, 5.74) is 5.51. The Morgan fingerprint density at radius 2 is 2.16 bits per heavy atom. The predicted molar refractivity (Wildman–Crippen MR) is 73.1 cm³/mol. The summed E-state index contributed by atoms with van der Waals surface area (Å²) in [5.74, 6) is 0.936. The van der Waals surface area contributed by atoms with Crippen molar-refractivity contribution in [2.45, 2.75) is 63.6 Å². The summed E-state index contributed by atoms with van der Waals surface area (Å²) in [5, 5.41) is 0. The molecule has 1 saturated heterocycles. The largest absolute Gasteiger partial charge is 0.464 e. The molecule has 2 rings (SSSR count). The van der Waals surface area contributed by atoms with E-state index in [1.54, 1.807) is 17.3 Å². The second-order valence-corrected chi connectivity index (χ2v) is 6.97. The predicted octanol–water partition coefficient (Wildman–Crippen LogP) is 2.00. The molecule has 0 aliphatic carbocycles. The van der Waals surface area contributed by atoms with E-state index in [0.29, 0.717) is 11.5 Å². The molecular weight excluding hydrogens is 264 g/mol. The van der Waals surface area contributed by atoms with Gasteiger partial charge in [-0.3, -0.25) is 0 Å². The van der Waals surface area contributed by atoms with Gasteiger partial charge in [-0.25, -0.2) is 8.42 Å². The van der Waals surface area contributed by atoms with Crippen molar-refractivity contribution >= 4 is 10.0 Å². The van der Waals surface area contributed by atoms with Gasteiger partial charge in [0.1, 0.15) is 16.4 Å². The molecule has 2 N–H and O–H groups in total. The van der Waals surface area contributed by atoms with Crippen LogP contribution in [0, 0.1) is 6.92 Å². The van der Waals surface area contributed by atoms with E-state index in [4.69, 9.17) is 10.2 Å². The van der Waals surface area contributed by atoms with Crippen LogP contribution in [0.4, 0.5) is 0 Å². The minimum absolute atomic E-state index is 0.0468. The molecule has 2 unspecified atom stereocenters. The molecular formula is C13H22N2O3S.